The summed E-state index contributed by atoms with van der Waals surface area (Å²) >= 11 is 0. The van der Waals surface area contributed by atoms with Crippen molar-refractivity contribution in [3.8, 4) is 22.5 Å². The Morgan fingerprint density at radius 2 is 1.52 bits per heavy atom. The molecule has 0 aliphatic rings. The number of halogens is 1. The number of carbonyl (C=O) groups excluding carboxylic acids is 1. The van der Waals surface area contributed by atoms with E-state index in [0.29, 0.717) is 5.69 Å². The van der Waals surface area contributed by atoms with Gasteiger partial charge >= 0.3 is 0 Å². The van der Waals surface area contributed by atoms with Crippen LogP contribution in [0.15, 0.2) is 77.8 Å². The van der Waals surface area contributed by atoms with Crippen molar-refractivity contribution in [3.63, 3.8) is 0 Å². The Labute approximate surface area is 168 Å². The van der Waals surface area contributed by atoms with Crippen LogP contribution in [0.5, 0.6) is 0 Å². The molecule has 148 valence electrons. The van der Waals surface area contributed by atoms with Gasteiger partial charge < -0.3 is 4.79 Å². The van der Waals surface area contributed by atoms with Gasteiger partial charge in [0, 0.05) is 23.6 Å². The zero-order valence-corrected chi connectivity index (χ0v) is 16.7. The Bertz CT molecular complexity index is 1250. The second kappa shape index (κ2) is 8.36. The van der Waals surface area contributed by atoms with E-state index in [4.69, 9.17) is 9.78 Å². The number of pyridine rings is 1. The molecule has 5 nitrogen and oxygen atoms in total. The summed E-state index contributed by atoms with van der Waals surface area (Å²) in [6.45, 7) is 1.44. The molecule has 4 rings (SSSR count). The highest BCUT2D eigenvalue weighted by Gasteiger charge is 2.16. The van der Waals surface area contributed by atoms with Gasteiger partial charge in [-0.25, -0.2) is 17.8 Å². The summed E-state index contributed by atoms with van der Waals surface area (Å²) in [6.07, 6.45) is 3.83. The van der Waals surface area contributed by atoms with Gasteiger partial charge in [0.1, 0.15) is 17.8 Å². The third kappa shape index (κ3) is 4.41. The van der Waals surface area contributed by atoms with Gasteiger partial charge in [-0.3, -0.25) is 4.40 Å². The van der Waals surface area contributed by atoms with Crippen LogP contribution in [-0.2, 0) is 14.6 Å². The molecule has 0 atom stereocenters. The van der Waals surface area contributed by atoms with Crippen LogP contribution in [-0.4, -0.2) is 30.3 Å². The standard InChI is InChI=1S/C20H15FN2O2S.C2H4O/c1-26(24,25)17-11-7-14(8-12-17)19-20(15-5-9-16(21)10-6-15)23-13-3-2-4-18(23)22-19;1-2-3/h2-13H,1H3;2H,1H3. The van der Waals surface area contributed by atoms with E-state index in [1.54, 1.807) is 36.4 Å². The summed E-state index contributed by atoms with van der Waals surface area (Å²) in [5.74, 6) is -0.304. The molecule has 29 heavy (non-hydrogen) atoms. The van der Waals surface area contributed by atoms with E-state index in [2.05, 4.69) is 0 Å². The number of hydrogen-bond acceptors (Lipinski definition) is 4. The van der Waals surface area contributed by atoms with Crippen LogP contribution >= 0.6 is 0 Å². The molecule has 0 unspecified atom stereocenters. The molecule has 2 aromatic carbocycles. The first kappa shape index (κ1) is 20.4. The highest BCUT2D eigenvalue weighted by atomic mass is 32.2. The van der Waals surface area contributed by atoms with Gasteiger partial charge in [0.2, 0.25) is 0 Å². The van der Waals surface area contributed by atoms with Gasteiger partial charge in [-0.15, -0.1) is 0 Å². The zero-order chi connectivity index (χ0) is 21.0. The Morgan fingerprint density at radius 3 is 2.10 bits per heavy atom. The lowest BCUT2D eigenvalue weighted by atomic mass is 10.0. The molecule has 2 aromatic heterocycles. The third-order valence-electron chi connectivity index (χ3n) is 4.20. The van der Waals surface area contributed by atoms with Crippen LogP contribution < -0.4 is 0 Å². The molecule has 0 radical (unpaired) electrons. The number of fused-ring (bicyclic) bond motifs is 1. The maximum atomic E-state index is 13.3. The number of rotatable bonds is 3. The second-order valence-corrected chi connectivity index (χ2v) is 8.29. The fraction of sp³-hybridized carbons (Fsp3) is 0.0909. The Hall–Kier alpha value is -3.32. The molecule has 0 saturated heterocycles. The fourth-order valence-electron chi connectivity index (χ4n) is 2.94. The van der Waals surface area contributed by atoms with Crippen LogP contribution in [0.4, 0.5) is 4.39 Å². The van der Waals surface area contributed by atoms with Crippen molar-refractivity contribution in [1.29, 1.82) is 0 Å². The molecule has 0 bridgehead atoms. The van der Waals surface area contributed by atoms with E-state index < -0.39 is 9.84 Å². The Morgan fingerprint density at radius 1 is 0.931 bits per heavy atom. The van der Waals surface area contributed by atoms with Crippen molar-refractivity contribution >= 4 is 21.8 Å². The minimum atomic E-state index is -3.26. The Kier molecular flexibility index (Phi) is 5.89. The van der Waals surface area contributed by atoms with E-state index in [9.17, 15) is 12.8 Å². The highest BCUT2D eigenvalue weighted by molar-refractivity contribution is 7.90. The van der Waals surface area contributed by atoms with Crippen molar-refractivity contribution in [1.82, 2.24) is 9.38 Å². The van der Waals surface area contributed by atoms with Crippen molar-refractivity contribution in [2.75, 3.05) is 6.26 Å². The number of aldehydes is 1. The molecule has 2 heterocycles. The van der Waals surface area contributed by atoms with Crippen LogP contribution in [0.2, 0.25) is 0 Å². The maximum absolute atomic E-state index is 13.3. The molecule has 0 N–H and O–H groups in total. The van der Waals surface area contributed by atoms with Gasteiger partial charge in [0.05, 0.1) is 16.3 Å². The molecule has 0 spiro atoms. The monoisotopic (exact) mass is 410 g/mol. The molecular weight excluding hydrogens is 391 g/mol. The lowest BCUT2D eigenvalue weighted by Gasteiger charge is -2.06. The molecule has 0 aliphatic heterocycles. The molecular formula is C22H19FN2O3S. The number of hydrogen-bond donors (Lipinski definition) is 0. The summed E-state index contributed by atoms with van der Waals surface area (Å²) in [5, 5.41) is 0. The molecule has 7 heteroatoms. The molecule has 0 aliphatic carbocycles. The molecule has 0 amide bonds. The quantitative estimate of drug-likeness (QED) is 0.469. The third-order valence-corrected chi connectivity index (χ3v) is 5.33. The first-order valence-electron chi connectivity index (χ1n) is 8.78. The van der Waals surface area contributed by atoms with Gasteiger partial charge in [-0.1, -0.05) is 18.2 Å². The average molecular weight is 410 g/mol. The average Bonchev–Trinajstić information content (AvgIpc) is 3.08. The van der Waals surface area contributed by atoms with Crippen molar-refractivity contribution < 1.29 is 17.6 Å². The minimum Gasteiger partial charge on any atom is -0.304 e. The predicted octanol–water partition coefficient (Wildman–Crippen LogP) is 4.42. The minimum absolute atomic E-state index is 0.258. The van der Waals surface area contributed by atoms with Gasteiger partial charge in [0.15, 0.2) is 9.84 Å². The fourth-order valence-corrected chi connectivity index (χ4v) is 3.57. The molecule has 0 fully saturated rings. The summed E-state index contributed by atoms with van der Waals surface area (Å²) in [7, 11) is -3.26. The topological polar surface area (TPSA) is 68.5 Å². The molecule has 4 aromatic rings. The number of sulfone groups is 1. The number of nitrogens with zero attached hydrogens (tertiary/aromatic N) is 2. The maximum Gasteiger partial charge on any atom is 0.175 e. The first-order chi connectivity index (χ1) is 13.8. The van der Waals surface area contributed by atoms with E-state index in [1.165, 1.54) is 25.3 Å². The number of aromatic nitrogens is 2. The van der Waals surface area contributed by atoms with Gasteiger partial charge in [0.25, 0.3) is 0 Å². The SMILES string of the molecule is CC=O.CS(=O)(=O)c1ccc(-c2nc3ccccn3c2-c2ccc(F)cc2)cc1. The number of imidazole rings is 1. The molecule has 0 saturated carbocycles. The van der Waals surface area contributed by atoms with Crippen molar-refractivity contribution in [2.24, 2.45) is 0 Å². The van der Waals surface area contributed by atoms with Crippen LogP contribution in [0.25, 0.3) is 28.2 Å². The summed E-state index contributed by atoms with van der Waals surface area (Å²) in [5.41, 5.74) is 3.91. The van der Waals surface area contributed by atoms with Crippen LogP contribution in [0.3, 0.4) is 0 Å². The van der Waals surface area contributed by atoms with E-state index >= 15 is 0 Å². The lowest BCUT2D eigenvalue weighted by Crippen LogP contribution is -1.96. The first-order valence-corrected chi connectivity index (χ1v) is 10.7. The van der Waals surface area contributed by atoms with E-state index in [1.807, 2.05) is 28.8 Å². The second-order valence-electron chi connectivity index (χ2n) is 6.28. The summed E-state index contributed by atoms with van der Waals surface area (Å²) in [6, 6.07) is 18.6. The normalized spacial score (nSPS) is 11.0. The van der Waals surface area contributed by atoms with Crippen LogP contribution in [0.1, 0.15) is 6.92 Å². The largest absolute Gasteiger partial charge is 0.304 e. The summed E-state index contributed by atoms with van der Waals surface area (Å²) < 4.78 is 38.7. The smallest absolute Gasteiger partial charge is 0.175 e. The lowest BCUT2D eigenvalue weighted by molar-refractivity contribution is -0.106. The Balaban J connectivity index is 0.000000755. The van der Waals surface area contributed by atoms with Crippen molar-refractivity contribution in [2.45, 2.75) is 11.8 Å². The number of benzene rings is 2. The van der Waals surface area contributed by atoms with Gasteiger partial charge in [-0.05, 0) is 55.5 Å². The van der Waals surface area contributed by atoms with Crippen LogP contribution in [0, 0.1) is 5.82 Å². The summed E-state index contributed by atoms with van der Waals surface area (Å²) in [4.78, 5) is 13.8. The van der Waals surface area contributed by atoms with E-state index in [0.717, 1.165) is 28.8 Å². The zero-order valence-electron chi connectivity index (χ0n) is 15.9. The number of carbonyl (C=O) groups is 1. The van der Waals surface area contributed by atoms with Crippen molar-refractivity contribution in [3.05, 3.63) is 78.7 Å². The highest BCUT2D eigenvalue weighted by Crippen LogP contribution is 2.33. The predicted molar refractivity (Wildman–Crippen MR) is 111 cm³/mol. The van der Waals surface area contributed by atoms with E-state index in [-0.39, 0.29) is 10.7 Å². The van der Waals surface area contributed by atoms with Gasteiger partial charge in [-0.2, -0.15) is 0 Å².